The second kappa shape index (κ2) is 8.56. The van der Waals surface area contributed by atoms with Gasteiger partial charge >= 0.3 is 0 Å². The van der Waals surface area contributed by atoms with E-state index in [1.54, 1.807) is 12.1 Å². The number of rotatable bonds is 6. The van der Waals surface area contributed by atoms with Crippen molar-refractivity contribution in [2.75, 3.05) is 18.0 Å². The van der Waals surface area contributed by atoms with E-state index in [0.29, 0.717) is 5.56 Å². The van der Waals surface area contributed by atoms with Crippen LogP contribution in [0.5, 0.6) is 0 Å². The highest BCUT2D eigenvalue weighted by Gasteiger charge is 2.27. The molecule has 0 aliphatic carbocycles. The molecule has 0 saturated carbocycles. The Kier molecular flexibility index (Phi) is 5.67. The Morgan fingerprint density at radius 2 is 1.58 bits per heavy atom. The average Bonchev–Trinajstić information content (AvgIpc) is 3.12. The maximum atomic E-state index is 11.9. The average molecular weight is 412 g/mol. The predicted octanol–water partition coefficient (Wildman–Crippen LogP) is 6.51. The normalized spacial score (nSPS) is 14.1. The van der Waals surface area contributed by atoms with E-state index in [9.17, 15) is 10.1 Å². The Morgan fingerprint density at radius 3 is 2.26 bits per heavy atom. The summed E-state index contributed by atoms with van der Waals surface area (Å²) in [5, 5.41) is 11.9. The Balaban J connectivity index is 1.99. The lowest BCUT2D eigenvalue weighted by Crippen LogP contribution is -2.21. The van der Waals surface area contributed by atoms with E-state index >= 15 is 0 Å². The zero-order chi connectivity index (χ0) is 22.0. The van der Waals surface area contributed by atoms with Crippen molar-refractivity contribution >= 4 is 33.9 Å². The van der Waals surface area contributed by atoms with Crippen LogP contribution < -0.4 is 4.90 Å². The van der Waals surface area contributed by atoms with Crippen molar-refractivity contribution < 1.29 is 4.92 Å². The van der Waals surface area contributed by atoms with Gasteiger partial charge in [0.05, 0.1) is 16.2 Å². The molecule has 3 aromatic rings. The molecule has 0 N–H and O–H groups in total. The first-order valence-corrected chi connectivity index (χ1v) is 10.5. The summed E-state index contributed by atoms with van der Waals surface area (Å²) in [6.45, 7) is 8.08. The zero-order valence-electron chi connectivity index (χ0n) is 18.0. The van der Waals surface area contributed by atoms with Crippen LogP contribution in [0.25, 0.3) is 11.1 Å². The molecule has 3 aromatic carbocycles. The third-order valence-corrected chi connectivity index (χ3v) is 5.73. The van der Waals surface area contributed by atoms with Crippen molar-refractivity contribution in [2.45, 2.75) is 20.8 Å². The molecule has 0 bridgehead atoms. The lowest BCUT2D eigenvalue weighted by atomic mass is 9.87. The Bertz CT molecular complexity index is 1190. The number of fused-ring (bicyclic) bond motifs is 1. The fourth-order valence-electron chi connectivity index (χ4n) is 4.24. The monoisotopic (exact) mass is 411 g/mol. The summed E-state index contributed by atoms with van der Waals surface area (Å²) in [6.07, 6.45) is 0. The first-order chi connectivity index (χ1) is 15.0. The number of anilines is 1. The highest BCUT2D eigenvalue weighted by Crippen LogP contribution is 2.43. The van der Waals surface area contributed by atoms with Gasteiger partial charge in [-0.05, 0) is 50.6 Å². The maximum absolute atomic E-state index is 11.9. The van der Waals surface area contributed by atoms with Gasteiger partial charge in [-0.25, -0.2) is 0 Å². The van der Waals surface area contributed by atoms with Crippen molar-refractivity contribution in [3.8, 4) is 0 Å². The molecule has 1 aliphatic heterocycles. The zero-order valence-corrected chi connectivity index (χ0v) is 18.0. The summed E-state index contributed by atoms with van der Waals surface area (Å²) in [5.74, 6) is 0. The topological polar surface area (TPSA) is 58.7 Å². The number of nitro groups is 1. The second-order valence-corrected chi connectivity index (χ2v) is 7.46. The summed E-state index contributed by atoms with van der Waals surface area (Å²) in [4.78, 5) is 18.6. The van der Waals surface area contributed by atoms with Crippen LogP contribution in [0.4, 0.5) is 17.1 Å². The number of aliphatic imine (C=N–C) groups is 1. The van der Waals surface area contributed by atoms with Crippen molar-refractivity contribution in [3.63, 3.8) is 0 Å². The molecule has 1 heterocycles. The summed E-state index contributed by atoms with van der Waals surface area (Å²) in [5.41, 5.74) is 7.31. The van der Waals surface area contributed by atoms with E-state index in [1.807, 2.05) is 43.3 Å². The van der Waals surface area contributed by atoms with Crippen LogP contribution in [-0.2, 0) is 0 Å². The summed E-state index contributed by atoms with van der Waals surface area (Å²) in [6, 6.07) is 23.2. The summed E-state index contributed by atoms with van der Waals surface area (Å²) in [7, 11) is 0. The van der Waals surface area contributed by atoms with Crippen molar-refractivity contribution in [2.24, 2.45) is 4.99 Å². The van der Waals surface area contributed by atoms with Gasteiger partial charge in [-0.2, -0.15) is 0 Å². The third kappa shape index (κ3) is 3.75. The highest BCUT2D eigenvalue weighted by atomic mass is 16.6. The second-order valence-electron chi connectivity index (χ2n) is 7.46. The van der Waals surface area contributed by atoms with Crippen LogP contribution >= 0.6 is 0 Å². The predicted molar refractivity (Wildman–Crippen MR) is 128 cm³/mol. The molecule has 1 aliphatic rings. The molecule has 31 heavy (non-hydrogen) atoms. The van der Waals surface area contributed by atoms with E-state index in [-0.39, 0.29) is 10.6 Å². The lowest BCUT2D eigenvalue weighted by Gasteiger charge is -2.22. The molecule has 5 heteroatoms. The molecule has 0 atom stereocenters. The number of nitrogens with zero attached hydrogens (tertiary/aromatic N) is 3. The summed E-state index contributed by atoms with van der Waals surface area (Å²) < 4.78 is 0. The van der Waals surface area contributed by atoms with Gasteiger partial charge < -0.3 is 4.90 Å². The van der Waals surface area contributed by atoms with Crippen LogP contribution in [0.3, 0.4) is 0 Å². The van der Waals surface area contributed by atoms with E-state index < -0.39 is 0 Å². The van der Waals surface area contributed by atoms with Gasteiger partial charge in [-0.1, -0.05) is 42.5 Å². The standard InChI is InChI=1S/C26H25N3O2/c1-4-28(5-2)20-16-14-19(15-17-20)26(22-11-7-9-13-24(22)29(30)31)25-18(3)27-23-12-8-6-10-21(23)25/h6-17H,4-5H2,1-3H3. The van der Waals surface area contributed by atoms with E-state index in [2.05, 4.69) is 43.0 Å². The molecular formula is C26H25N3O2. The minimum Gasteiger partial charge on any atom is -0.372 e. The molecule has 0 amide bonds. The number of para-hydroxylation sites is 2. The van der Waals surface area contributed by atoms with Crippen molar-refractivity contribution in [1.82, 2.24) is 0 Å². The quantitative estimate of drug-likeness (QED) is 0.343. The van der Waals surface area contributed by atoms with Gasteiger partial charge in [0.1, 0.15) is 0 Å². The van der Waals surface area contributed by atoms with Crippen molar-refractivity contribution in [3.05, 3.63) is 99.6 Å². The number of nitro benzene ring substituents is 1. The fraction of sp³-hybridized carbons (Fsp3) is 0.192. The SMILES string of the molecule is CCN(CC)c1ccc(C(=C2C(C)=Nc3ccccc32)c2ccccc2[N+](=O)[O-])cc1. The van der Waals surface area contributed by atoms with Gasteiger partial charge in [-0.15, -0.1) is 0 Å². The van der Waals surface area contributed by atoms with Crippen LogP contribution in [0.1, 0.15) is 37.5 Å². The number of hydrogen-bond donors (Lipinski definition) is 0. The van der Waals surface area contributed by atoms with Crippen LogP contribution in [0.2, 0.25) is 0 Å². The first-order valence-electron chi connectivity index (χ1n) is 10.5. The smallest absolute Gasteiger partial charge is 0.277 e. The van der Waals surface area contributed by atoms with Gasteiger partial charge in [0.15, 0.2) is 0 Å². The largest absolute Gasteiger partial charge is 0.372 e. The molecule has 0 spiro atoms. The first kappa shape index (κ1) is 20.5. The fourth-order valence-corrected chi connectivity index (χ4v) is 4.24. The highest BCUT2D eigenvalue weighted by molar-refractivity contribution is 6.35. The van der Waals surface area contributed by atoms with Gasteiger partial charge in [-0.3, -0.25) is 15.1 Å². The van der Waals surface area contributed by atoms with Crippen LogP contribution in [0.15, 0.2) is 77.8 Å². The molecule has 0 unspecified atom stereocenters. The minimum atomic E-state index is -0.312. The van der Waals surface area contributed by atoms with Gasteiger partial charge in [0.25, 0.3) is 5.69 Å². The molecule has 156 valence electrons. The molecule has 0 aromatic heterocycles. The van der Waals surface area contributed by atoms with E-state index in [1.165, 1.54) is 0 Å². The molecule has 5 nitrogen and oxygen atoms in total. The van der Waals surface area contributed by atoms with Gasteiger partial charge in [0, 0.05) is 47.3 Å². The minimum absolute atomic E-state index is 0.0926. The van der Waals surface area contributed by atoms with E-state index in [4.69, 9.17) is 4.99 Å². The lowest BCUT2D eigenvalue weighted by molar-refractivity contribution is -0.385. The third-order valence-electron chi connectivity index (χ3n) is 5.73. The molecule has 0 radical (unpaired) electrons. The number of hydrogen-bond acceptors (Lipinski definition) is 4. The Labute approximate surface area is 182 Å². The Hall–Kier alpha value is -3.73. The molecule has 4 rings (SSSR count). The van der Waals surface area contributed by atoms with Crippen LogP contribution in [-0.4, -0.2) is 23.7 Å². The summed E-state index contributed by atoms with van der Waals surface area (Å²) >= 11 is 0. The van der Waals surface area contributed by atoms with E-state index in [0.717, 1.165) is 52.4 Å². The number of allylic oxidation sites excluding steroid dienone is 1. The molecule has 0 fully saturated rings. The van der Waals surface area contributed by atoms with Gasteiger partial charge in [0.2, 0.25) is 0 Å². The Morgan fingerprint density at radius 1 is 0.935 bits per heavy atom. The van der Waals surface area contributed by atoms with Crippen LogP contribution in [0, 0.1) is 10.1 Å². The molecular weight excluding hydrogens is 386 g/mol. The maximum Gasteiger partial charge on any atom is 0.277 e. The number of benzene rings is 3. The molecule has 0 saturated heterocycles. The van der Waals surface area contributed by atoms with Crippen molar-refractivity contribution in [1.29, 1.82) is 0 Å².